The lowest BCUT2D eigenvalue weighted by molar-refractivity contribution is -0.124. The molecule has 1 aromatic heterocycles. The number of nitrogens with one attached hydrogen (secondary N) is 1. The van der Waals surface area contributed by atoms with Crippen molar-refractivity contribution < 1.29 is 9.53 Å². The van der Waals surface area contributed by atoms with E-state index in [0.717, 1.165) is 37.5 Å². The molecule has 0 bridgehead atoms. The van der Waals surface area contributed by atoms with Gasteiger partial charge in [0.1, 0.15) is 5.82 Å². The van der Waals surface area contributed by atoms with E-state index in [0.29, 0.717) is 6.54 Å². The molecule has 7 nitrogen and oxygen atoms in total. The first-order chi connectivity index (χ1) is 10.2. The Morgan fingerprint density at radius 1 is 1.43 bits per heavy atom. The highest BCUT2D eigenvalue weighted by Gasteiger charge is 2.21. The van der Waals surface area contributed by atoms with Gasteiger partial charge in [0, 0.05) is 26.6 Å². The minimum atomic E-state index is -0.243. The van der Waals surface area contributed by atoms with Gasteiger partial charge < -0.3 is 20.4 Å². The van der Waals surface area contributed by atoms with Gasteiger partial charge >= 0.3 is 0 Å². The van der Waals surface area contributed by atoms with Gasteiger partial charge in [-0.1, -0.05) is 6.42 Å². The fourth-order valence-corrected chi connectivity index (χ4v) is 2.66. The molecule has 0 aromatic carbocycles. The van der Waals surface area contributed by atoms with Crippen LogP contribution in [0.2, 0.25) is 0 Å². The molecule has 118 valence electrons. The van der Waals surface area contributed by atoms with Gasteiger partial charge in [0.25, 0.3) is 0 Å². The molecular weight excluding hydrogens is 270 g/mol. The fourth-order valence-electron chi connectivity index (χ4n) is 2.66. The van der Waals surface area contributed by atoms with Gasteiger partial charge in [-0.3, -0.25) is 4.79 Å². The highest BCUT2D eigenvalue weighted by Crippen LogP contribution is 2.18. The standard InChI is InChI=1S/C14H25N5O2/c1-10(16-13(20)8-11(9-15)21-2)14-18-17-12-6-4-3-5-7-19(12)14/h10-11H,3-9,15H2,1-2H3,(H,16,20). The van der Waals surface area contributed by atoms with Crippen LogP contribution in [0.3, 0.4) is 0 Å². The molecule has 0 saturated heterocycles. The Hall–Kier alpha value is -1.47. The van der Waals surface area contributed by atoms with Crippen molar-refractivity contribution in [2.75, 3.05) is 13.7 Å². The molecule has 1 amide bonds. The lowest BCUT2D eigenvalue weighted by Gasteiger charge is -2.17. The zero-order chi connectivity index (χ0) is 15.2. The van der Waals surface area contributed by atoms with Crippen LogP contribution in [0.25, 0.3) is 0 Å². The zero-order valence-corrected chi connectivity index (χ0v) is 12.8. The Morgan fingerprint density at radius 3 is 2.95 bits per heavy atom. The topological polar surface area (TPSA) is 95.1 Å². The van der Waals surface area contributed by atoms with Crippen LogP contribution in [0, 0.1) is 0 Å². The summed E-state index contributed by atoms with van der Waals surface area (Å²) in [5, 5.41) is 11.5. The molecule has 0 radical (unpaired) electrons. The van der Waals surface area contributed by atoms with E-state index in [-0.39, 0.29) is 24.5 Å². The second kappa shape index (κ2) is 7.51. The summed E-state index contributed by atoms with van der Waals surface area (Å²) in [5.74, 6) is 1.79. The van der Waals surface area contributed by atoms with Crippen molar-refractivity contribution in [2.45, 2.75) is 57.7 Å². The van der Waals surface area contributed by atoms with Gasteiger partial charge in [-0.25, -0.2) is 0 Å². The van der Waals surface area contributed by atoms with Gasteiger partial charge in [-0.15, -0.1) is 10.2 Å². The summed E-state index contributed by atoms with van der Waals surface area (Å²) in [7, 11) is 1.56. The van der Waals surface area contributed by atoms with E-state index in [9.17, 15) is 4.79 Å². The number of rotatable bonds is 6. The first kappa shape index (κ1) is 15.9. The minimum Gasteiger partial charge on any atom is -0.380 e. The van der Waals surface area contributed by atoms with Gasteiger partial charge in [-0.2, -0.15) is 0 Å². The molecule has 0 spiro atoms. The van der Waals surface area contributed by atoms with Gasteiger partial charge in [0.2, 0.25) is 5.91 Å². The fraction of sp³-hybridized carbons (Fsp3) is 0.786. The Balaban J connectivity index is 1.98. The van der Waals surface area contributed by atoms with Crippen molar-refractivity contribution in [3.8, 4) is 0 Å². The molecule has 0 aliphatic carbocycles. The third-order valence-corrected chi connectivity index (χ3v) is 3.91. The van der Waals surface area contributed by atoms with Crippen molar-refractivity contribution in [3.63, 3.8) is 0 Å². The molecule has 3 N–H and O–H groups in total. The number of ether oxygens (including phenoxy) is 1. The number of nitrogens with zero attached hydrogens (tertiary/aromatic N) is 3. The van der Waals surface area contributed by atoms with Crippen LogP contribution in [0.5, 0.6) is 0 Å². The van der Waals surface area contributed by atoms with Gasteiger partial charge in [0.05, 0.1) is 18.6 Å². The highest BCUT2D eigenvalue weighted by atomic mass is 16.5. The summed E-state index contributed by atoms with van der Waals surface area (Å²) in [6, 6.07) is -0.160. The minimum absolute atomic E-state index is 0.0780. The molecule has 21 heavy (non-hydrogen) atoms. The quantitative estimate of drug-likeness (QED) is 0.799. The van der Waals surface area contributed by atoms with Crippen LogP contribution in [0.15, 0.2) is 0 Å². The maximum atomic E-state index is 12.0. The molecule has 0 saturated carbocycles. The summed E-state index contributed by atoms with van der Waals surface area (Å²) in [6.45, 7) is 3.20. The van der Waals surface area contributed by atoms with E-state index >= 15 is 0 Å². The molecule has 1 aromatic rings. The zero-order valence-electron chi connectivity index (χ0n) is 12.8. The SMILES string of the molecule is COC(CN)CC(=O)NC(C)c1nnc2n1CCCCC2. The summed E-state index contributed by atoms with van der Waals surface area (Å²) in [4.78, 5) is 12.0. The maximum absolute atomic E-state index is 12.0. The van der Waals surface area contributed by atoms with Crippen LogP contribution in [-0.4, -0.2) is 40.4 Å². The largest absolute Gasteiger partial charge is 0.380 e. The maximum Gasteiger partial charge on any atom is 0.223 e. The smallest absolute Gasteiger partial charge is 0.223 e. The Morgan fingerprint density at radius 2 is 2.24 bits per heavy atom. The van der Waals surface area contributed by atoms with Crippen LogP contribution in [-0.2, 0) is 22.5 Å². The molecule has 2 rings (SSSR count). The molecule has 2 heterocycles. The Bertz CT molecular complexity index is 470. The van der Waals surface area contributed by atoms with Gasteiger partial charge in [0.15, 0.2) is 5.82 Å². The number of hydrogen-bond donors (Lipinski definition) is 2. The molecule has 2 unspecified atom stereocenters. The van der Waals surface area contributed by atoms with Crippen LogP contribution in [0.4, 0.5) is 0 Å². The first-order valence-electron chi connectivity index (χ1n) is 7.60. The summed E-state index contributed by atoms with van der Waals surface area (Å²) in [5.41, 5.74) is 5.53. The molecule has 1 aliphatic rings. The summed E-state index contributed by atoms with van der Waals surface area (Å²) >= 11 is 0. The lowest BCUT2D eigenvalue weighted by Crippen LogP contribution is -2.34. The van der Waals surface area contributed by atoms with Crippen LogP contribution < -0.4 is 11.1 Å². The predicted octanol–water partition coefficient (Wildman–Crippen LogP) is 0.546. The number of fused-ring (bicyclic) bond motifs is 1. The van der Waals surface area contributed by atoms with Crippen molar-refractivity contribution in [1.82, 2.24) is 20.1 Å². The first-order valence-corrected chi connectivity index (χ1v) is 7.60. The number of carbonyl (C=O) groups is 1. The number of nitrogens with two attached hydrogens (primary N) is 1. The molecule has 0 fully saturated rings. The van der Waals surface area contributed by atoms with Crippen LogP contribution >= 0.6 is 0 Å². The molecule has 1 aliphatic heterocycles. The van der Waals surface area contributed by atoms with Gasteiger partial charge in [-0.05, 0) is 19.8 Å². The third-order valence-electron chi connectivity index (χ3n) is 3.91. The average Bonchev–Trinajstić information content (AvgIpc) is 2.74. The van der Waals surface area contributed by atoms with E-state index in [2.05, 4.69) is 20.1 Å². The Labute approximate surface area is 125 Å². The number of carbonyl (C=O) groups excluding carboxylic acids is 1. The van der Waals surface area contributed by atoms with Crippen LogP contribution in [0.1, 0.15) is 50.3 Å². The van der Waals surface area contributed by atoms with E-state index < -0.39 is 0 Å². The predicted molar refractivity (Wildman–Crippen MR) is 78.6 cm³/mol. The normalized spacial score (nSPS) is 17.7. The monoisotopic (exact) mass is 295 g/mol. The summed E-state index contributed by atoms with van der Waals surface area (Å²) < 4.78 is 7.28. The van der Waals surface area contributed by atoms with E-state index in [4.69, 9.17) is 10.5 Å². The Kier molecular flexibility index (Phi) is 5.69. The molecule has 2 atom stereocenters. The number of hydrogen-bond acceptors (Lipinski definition) is 5. The van der Waals surface area contributed by atoms with Crippen molar-refractivity contribution >= 4 is 5.91 Å². The summed E-state index contributed by atoms with van der Waals surface area (Å²) in [6.07, 6.45) is 4.50. The third kappa shape index (κ3) is 4.01. The highest BCUT2D eigenvalue weighted by molar-refractivity contribution is 5.76. The number of aryl methyl sites for hydroxylation is 1. The number of aromatic nitrogens is 3. The second-order valence-electron chi connectivity index (χ2n) is 5.52. The van der Waals surface area contributed by atoms with E-state index in [1.165, 1.54) is 6.42 Å². The van der Waals surface area contributed by atoms with Crippen molar-refractivity contribution in [2.24, 2.45) is 5.73 Å². The van der Waals surface area contributed by atoms with E-state index in [1.54, 1.807) is 7.11 Å². The number of amides is 1. The molecule has 7 heteroatoms. The van der Waals surface area contributed by atoms with Crippen molar-refractivity contribution in [3.05, 3.63) is 11.6 Å². The lowest BCUT2D eigenvalue weighted by atomic mass is 10.2. The average molecular weight is 295 g/mol. The van der Waals surface area contributed by atoms with Crippen molar-refractivity contribution in [1.29, 1.82) is 0 Å². The number of methoxy groups -OCH3 is 1. The second-order valence-corrected chi connectivity index (χ2v) is 5.52. The molecular formula is C14H25N5O2. The van der Waals surface area contributed by atoms with E-state index in [1.807, 2.05) is 6.92 Å².